The molecule has 4 aromatic rings. The van der Waals surface area contributed by atoms with Crippen LogP contribution in [0.15, 0.2) is 60.7 Å². The van der Waals surface area contributed by atoms with Crippen molar-refractivity contribution in [2.45, 2.75) is 45.4 Å². The molecule has 0 aliphatic rings. The second kappa shape index (κ2) is 12.2. The Morgan fingerprint density at radius 3 is 2.34 bits per heavy atom. The van der Waals surface area contributed by atoms with Crippen molar-refractivity contribution in [3.8, 4) is 23.0 Å². The predicted octanol–water partition coefficient (Wildman–Crippen LogP) is 7.41. The minimum atomic E-state index is -0.301. The first-order valence-corrected chi connectivity index (χ1v) is 12.7. The summed E-state index contributed by atoms with van der Waals surface area (Å²) < 4.78 is 27.5. The van der Waals surface area contributed by atoms with Crippen molar-refractivity contribution < 1.29 is 13.9 Å². The lowest BCUT2D eigenvalue weighted by atomic mass is 10.0. The van der Waals surface area contributed by atoms with E-state index in [1.807, 2.05) is 24.3 Å². The van der Waals surface area contributed by atoms with Gasteiger partial charge in [0.2, 0.25) is 0 Å². The van der Waals surface area contributed by atoms with Crippen LogP contribution in [-0.4, -0.2) is 21.3 Å². The molecule has 0 radical (unpaired) electrons. The summed E-state index contributed by atoms with van der Waals surface area (Å²) in [5.74, 6) is 5.73. The molecule has 0 saturated heterocycles. The summed E-state index contributed by atoms with van der Waals surface area (Å²) in [5.41, 5.74) is 5.32. The molecule has 0 spiro atoms. The lowest BCUT2D eigenvalue weighted by Crippen LogP contribution is -2.06. The van der Waals surface area contributed by atoms with Gasteiger partial charge in [-0.2, -0.15) is 8.75 Å². The maximum absolute atomic E-state index is 13.3. The number of benzene rings is 3. The third-order valence-corrected chi connectivity index (χ3v) is 6.29. The Balaban J connectivity index is 1.39. The summed E-state index contributed by atoms with van der Waals surface area (Å²) in [6.07, 6.45) is 6.92. The van der Waals surface area contributed by atoms with Gasteiger partial charge in [-0.05, 0) is 54.4 Å². The summed E-state index contributed by atoms with van der Waals surface area (Å²) in [4.78, 5) is 12.3. The van der Waals surface area contributed by atoms with Gasteiger partial charge in [-0.1, -0.05) is 69.1 Å². The standard InChI is InChI=1S/C29H27FN2O2S/c1-2-3-4-5-6-7-20-34-29(33)24-12-9-21(10-13-24)8-11-23-16-19-26(28-27(23)31-35-32-28)22-14-17-25(30)18-15-22/h9-10,12-19H,2-7,20H2,1H3. The number of fused-ring (bicyclic) bond motifs is 1. The van der Waals surface area contributed by atoms with Crippen LogP contribution in [0, 0.1) is 17.7 Å². The van der Waals surface area contributed by atoms with Crippen LogP contribution in [0.4, 0.5) is 4.39 Å². The maximum atomic E-state index is 13.3. The van der Waals surface area contributed by atoms with E-state index in [1.165, 1.54) is 37.8 Å². The van der Waals surface area contributed by atoms with Gasteiger partial charge in [0, 0.05) is 11.1 Å². The number of halogens is 1. The minimum absolute atomic E-state index is 0.277. The fourth-order valence-corrected chi connectivity index (χ4v) is 4.36. The highest BCUT2D eigenvalue weighted by molar-refractivity contribution is 7.00. The highest BCUT2D eigenvalue weighted by atomic mass is 32.1. The molecule has 0 fully saturated rings. The number of hydrogen-bond donors (Lipinski definition) is 0. The zero-order valence-electron chi connectivity index (χ0n) is 19.7. The number of esters is 1. The van der Waals surface area contributed by atoms with Crippen LogP contribution in [-0.2, 0) is 4.74 Å². The van der Waals surface area contributed by atoms with Crippen molar-refractivity contribution in [3.63, 3.8) is 0 Å². The molecule has 0 amide bonds. The van der Waals surface area contributed by atoms with Crippen molar-refractivity contribution in [3.05, 3.63) is 83.2 Å². The molecular formula is C29H27FN2O2S. The molecule has 0 unspecified atom stereocenters. The number of carbonyl (C=O) groups is 1. The van der Waals surface area contributed by atoms with Crippen LogP contribution < -0.4 is 0 Å². The molecule has 4 rings (SSSR count). The Hall–Kier alpha value is -3.56. The smallest absolute Gasteiger partial charge is 0.338 e. The minimum Gasteiger partial charge on any atom is -0.462 e. The van der Waals surface area contributed by atoms with Gasteiger partial charge in [0.1, 0.15) is 16.9 Å². The summed E-state index contributed by atoms with van der Waals surface area (Å²) >= 11 is 1.13. The van der Waals surface area contributed by atoms with E-state index in [9.17, 15) is 9.18 Å². The molecule has 0 atom stereocenters. The maximum Gasteiger partial charge on any atom is 0.338 e. The van der Waals surface area contributed by atoms with E-state index in [1.54, 1.807) is 24.3 Å². The fraction of sp³-hybridized carbons (Fsp3) is 0.276. The molecule has 0 saturated carbocycles. The number of nitrogens with zero attached hydrogens (tertiary/aromatic N) is 2. The molecule has 6 heteroatoms. The molecule has 0 aliphatic heterocycles. The van der Waals surface area contributed by atoms with E-state index < -0.39 is 0 Å². The molecule has 35 heavy (non-hydrogen) atoms. The molecular weight excluding hydrogens is 459 g/mol. The molecule has 3 aromatic carbocycles. The van der Waals surface area contributed by atoms with E-state index in [0.717, 1.165) is 57.9 Å². The highest BCUT2D eigenvalue weighted by Gasteiger charge is 2.11. The van der Waals surface area contributed by atoms with Gasteiger partial charge >= 0.3 is 5.97 Å². The first kappa shape index (κ1) is 24.6. The average molecular weight is 487 g/mol. The normalized spacial score (nSPS) is 10.7. The molecule has 178 valence electrons. The Morgan fingerprint density at radius 1 is 0.857 bits per heavy atom. The van der Waals surface area contributed by atoms with E-state index in [4.69, 9.17) is 4.74 Å². The van der Waals surface area contributed by atoms with E-state index in [-0.39, 0.29) is 11.8 Å². The lowest BCUT2D eigenvalue weighted by molar-refractivity contribution is 0.0497. The zero-order valence-corrected chi connectivity index (χ0v) is 20.5. The van der Waals surface area contributed by atoms with Crippen molar-refractivity contribution in [2.24, 2.45) is 0 Å². The zero-order chi connectivity index (χ0) is 24.5. The third kappa shape index (κ3) is 6.52. The highest BCUT2D eigenvalue weighted by Crippen LogP contribution is 2.29. The largest absolute Gasteiger partial charge is 0.462 e. The van der Waals surface area contributed by atoms with Crippen LogP contribution in [0.3, 0.4) is 0 Å². The molecule has 0 bridgehead atoms. The molecule has 1 heterocycles. The van der Waals surface area contributed by atoms with E-state index in [0.29, 0.717) is 12.2 Å². The summed E-state index contributed by atoms with van der Waals surface area (Å²) in [5, 5.41) is 0. The molecule has 0 N–H and O–H groups in total. The first-order chi connectivity index (χ1) is 17.2. The third-order valence-electron chi connectivity index (χ3n) is 5.76. The Bertz CT molecular complexity index is 1340. The lowest BCUT2D eigenvalue weighted by Gasteiger charge is -2.05. The molecule has 4 nitrogen and oxygen atoms in total. The Labute approximate surface area is 209 Å². The second-order valence-corrected chi connectivity index (χ2v) is 8.89. The molecule has 0 aliphatic carbocycles. The monoisotopic (exact) mass is 486 g/mol. The first-order valence-electron chi connectivity index (χ1n) is 12.0. The van der Waals surface area contributed by atoms with Crippen molar-refractivity contribution in [2.75, 3.05) is 6.61 Å². The Morgan fingerprint density at radius 2 is 1.57 bits per heavy atom. The van der Waals surface area contributed by atoms with Gasteiger partial charge in [-0.15, -0.1) is 0 Å². The quantitative estimate of drug-likeness (QED) is 0.140. The summed E-state index contributed by atoms with van der Waals surface area (Å²) in [6.45, 7) is 2.65. The second-order valence-electron chi connectivity index (χ2n) is 8.36. The van der Waals surface area contributed by atoms with Crippen molar-refractivity contribution in [1.29, 1.82) is 0 Å². The van der Waals surface area contributed by atoms with Gasteiger partial charge in [0.25, 0.3) is 0 Å². The SMILES string of the molecule is CCCCCCCCOC(=O)c1ccc(C#Cc2ccc(-c3ccc(F)cc3)c3nsnc23)cc1. The van der Waals surface area contributed by atoms with Gasteiger partial charge in [-0.25, -0.2) is 9.18 Å². The average Bonchev–Trinajstić information content (AvgIpc) is 3.38. The summed E-state index contributed by atoms with van der Waals surface area (Å²) in [6, 6.07) is 17.3. The van der Waals surface area contributed by atoms with Crippen LogP contribution in [0.1, 0.15) is 66.9 Å². The predicted molar refractivity (Wildman–Crippen MR) is 139 cm³/mol. The van der Waals surface area contributed by atoms with Crippen LogP contribution in [0.25, 0.3) is 22.2 Å². The topological polar surface area (TPSA) is 52.1 Å². The number of ether oxygens (including phenoxy) is 1. The number of rotatable bonds is 9. The van der Waals surface area contributed by atoms with Gasteiger partial charge in [0.15, 0.2) is 0 Å². The van der Waals surface area contributed by atoms with E-state index in [2.05, 4.69) is 27.5 Å². The van der Waals surface area contributed by atoms with Gasteiger partial charge in [-0.3, -0.25) is 0 Å². The van der Waals surface area contributed by atoms with Gasteiger partial charge < -0.3 is 4.74 Å². The van der Waals surface area contributed by atoms with Crippen LogP contribution >= 0.6 is 11.7 Å². The number of hydrogen-bond acceptors (Lipinski definition) is 5. The van der Waals surface area contributed by atoms with Crippen LogP contribution in [0.2, 0.25) is 0 Å². The van der Waals surface area contributed by atoms with Crippen LogP contribution in [0.5, 0.6) is 0 Å². The number of carbonyl (C=O) groups excluding carboxylic acids is 1. The van der Waals surface area contributed by atoms with E-state index >= 15 is 0 Å². The van der Waals surface area contributed by atoms with Crippen molar-refractivity contribution >= 4 is 28.7 Å². The number of aromatic nitrogens is 2. The van der Waals surface area contributed by atoms with Crippen molar-refractivity contribution in [1.82, 2.24) is 8.75 Å². The number of unbranched alkanes of at least 4 members (excludes halogenated alkanes) is 5. The fourth-order valence-electron chi connectivity index (χ4n) is 3.79. The molecule has 1 aromatic heterocycles. The Kier molecular flexibility index (Phi) is 8.58. The van der Waals surface area contributed by atoms with Gasteiger partial charge in [0.05, 0.1) is 29.5 Å². The summed E-state index contributed by atoms with van der Waals surface area (Å²) in [7, 11) is 0.